The Hall–Kier alpha value is -2.04. The molecule has 5 nitrogen and oxygen atoms in total. The highest BCUT2D eigenvalue weighted by molar-refractivity contribution is 5.97. The van der Waals surface area contributed by atoms with Crippen LogP contribution in [0.25, 0.3) is 0 Å². The molecule has 21 heavy (non-hydrogen) atoms. The predicted octanol–water partition coefficient (Wildman–Crippen LogP) is 1.48. The van der Waals surface area contributed by atoms with E-state index in [1.165, 1.54) is 0 Å². The first kappa shape index (κ1) is 15.4. The molecule has 1 aromatic rings. The smallest absolute Gasteiger partial charge is 0.254 e. The van der Waals surface area contributed by atoms with Gasteiger partial charge in [0.15, 0.2) is 0 Å². The van der Waals surface area contributed by atoms with Crippen LogP contribution in [0.1, 0.15) is 34.8 Å². The van der Waals surface area contributed by atoms with E-state index in [0.29, 0.717) is 30.8 Å². The van der Waals surface area contributed by atoms with Crippen molar-refractivity contribution in [2.75, 3.05) is 25.9 Å². The van der Waals surface area contributed by atoms with Gasteiger partial charge in [-0.2, -0.15) is 0 Å². The van der Waals surface area contributed by atoms with E-state index >= 15 is 0 Å². The van der Waals surface area contributed by atoms with Gasteiger partial charge in [-0.3, -0.25) is 9.59 Å². The molecule has 2 amide bonds. The fourth-order valence-electron chi connectivity index (χ4n) is 2.89. The second-order valence-corrected chi connectivity index (χ2v) is 6.14. The van der Waals surface area contributed by atoms with Gasteiger partial charge in [-0.1, -0.05) is 6.07 Å². The fourth-order valence-corrected chi connectivity index (χ4v) is 2.89. The molecule has 0 radical (unpaired) electrons. The number of nitrogen functional groups attached to an aromatic ring is 1. The minimum absolute atomic E-state index is 0.0158. The van der Waals surface area contributed by atoms with Crippen molar-refractivity contribution >= 4 is 17.5 Å². The van der Waals surface area contributed by atoms with Gasteiger partial charge in [0, 0.05) is 31.4 Å². The van der Waals surface area contributed by atoms with Gasteiger partial charge in [-0.25, -0.2) is 0 Å². The number of rotatable bonds is 2. The van der Waals surface area contributed by atoms with E-state index in [9.17, 15) is 9.59 Å². The minimum atomic E-state index is -0.505. The van der Waals surface area contributed by atoms with Crippen LogP contribution in [0.3, 0.4) is 0 Å². The Kier molecular flexibility index (Phi) is 3.94. The second kappa shape index (κ2) is 5.39. The van der Waals surface area contributed by atoms with Crippen LogP contribution in [-0.4, -0.2) is 36.9 Å². The SMILES string of the molecule is CNC(=O)C1(C)CCN(C(=O)c2cc(N)c(C)cc2C)C1. The van der Waals surface area contributed by atoms with Gasteiger partial charge in [0.2, 0.25) is 5.91 Å². The van der Waals surface area contributed by atoms with E-state index in [1.807, 2.05) is 26.8 Å². The molecule has 0 saturated carbocycles. The highest BCUT2D eigenvalue weighted by atomic mass is 16.2. The van der Waals surface area contributed by atoms with E-state index in [-0.39, 0.29) is 11.8 Å². The number of aryl methyl sites for hydroxylation is 2. The van der Waals surface area contributed by atoms with Crippen molar-refractivity contribution < 1.29 is 9.59 Å². The standard InChI is InChI=1S/C16H23N3O2/c1-10-7-11(2)13(17)8-12(10)14(20)19-6-5-16(3,9-19)15(21)18-4/h7-8H,5-6,9,17H2,1-4H3,(H,18,21). The number of nitrogens with zero attached hydrogens (tertiary/aromatic N) is 1. The van der Waals surface area contributed by atoms with Gasteiger partial charge in [0.25, 0.3) is 5.91 Å². The lowest BCUT2D eigenvalue weighted by Gasteiger charge is -2.23. The minimum Gasteiger partial charge on any atom is -0.398 e. The molecule has 1 aliphatic heterocycles. The zero-order valence-corrected chi connectivity index (χ0v) is 13.1. The maximum atomic E-state index is 12.7. The van der Waals surface area contributed by atoms with Crippen LogP contribution < -0.4 is 11.1 Å². The van der Waals surface area contributed by atoms with Gasteiger partial charge in [-0.05, 0) is 44.4 Å². The summed E-state index contributed by atoms with van der Waals surface area (Å²) in [5, 5.41) is 2.68. The van der Waals surface area contributed by atoms with E-state index < -0.39 is 5.41 Å². The lowest BCUT2D eigenvalue weighted by atomic mass is 9.89. The summed E-state index contributed by atoms with van der Waals surface area (Å²) in [6.45, 7) is 6.77. The highest BCUT2D eigenvalue weighted by Crippen LogP contribution is 2.31. The van der Waals surface area contributed by atoms with Crippen LogP contribution in [0.15, 0.2) is 12.1 Å². The van der Waals surface area contributed by atoms with Crippen LogP contribution in [0.5, 0.6) is 0 Å². The van der Waals surface area contributed by atoms with Gasteiger partial charge in [0.1, 0.15) is 0 Å². The molecule has 3 N–H and O–H groups in total. The van der Waals surface area contributed by atoms with Crippen molar-refractivity contribution in [1.29, 1.82) is 0 Å². The molecule has 1 atom stereocenters. The van der Waals surface area contributed by atoms with E-state index in [0.717, 1.165) is 11.1 Å². The number of benzene rings is 1. The average Bonchev–Trinajstić information content (AvgIpc) is 2.85. The maximum Gasteiger partial charge on any atom is 0.254 e. The number of likely N-dealkylation sites (tertiary alicyclic amines) is 1. The molecule has 0 aliphatic carbocycles. The topological polar surface area (TPSA) is 75.4 Å². The van der Waals surface area contributed by atoms with Crippen molar-refractivity contribution in [3.63, 3.8) is 0 Å². The van der Waals surface area contributed by atoms with Gasteiger partial charge in [0.05, 0.1) is 5.41 Å². The highest BCUT2D eigenvalue weighted by Gasteiger charge is 2.41. The van der Waals surface area contributed by atoms with Crippen molar-refractivity contribution in [3.05, 3.63) is 28.8 Å². The lowest BCUT2D eigenvalue weighted by Crippen LogP contribution is -2.40. The molecule has 1 fully saturated rings. The van der Waals surface area contributed by atoms with E-state index in [4.69, 9.17) is 5.73 Å². The monoisotopic (exact) mass is 289 g/mol. The maximum absolute atomic E-state index is 12.7. The third-order valence-corrected chi connectivity index (χ3v) is 4.38. The van der Waals surface area contributed by atoms with E-state index in [2.05, 4.69) is 5.32 Å². The Morgan fingerprint density at radius 2 is 1.95 bits per heavy atom. The van der Waals surface area contributed by atoms with Crippen LogP contribution >= 0.6 is 0 Å². The molecular formula is C16H23N3O2. The summed E-state index contributed by atoms with van der Waals surface area (Å²) in [6, 6.07) is 3.67. The van der Waals surface area contributed by atoms with Crippen LogP contribution in [0.2, 0.25) is 0 Å². The molecule has 0 bridgehead atoms. The second-order valence-electron chi connectivity index (χ2n) is 6.14. The third kappa shape index (κ3) is 2.73. The number of anilines is 1. The summed E-state index contributed by atoms with van der Waals surface area (Å²) >= 11 is 0. The molecule has 1 aliphatic rings. The van der Waals surface area contributed by atoms with Crippen molar-refractivity contribution in [2.24, 2.45) is 5.41 Å². The molecule has 1 unspecified atom stereocenters. The summed E-state index contributed by atoms with van der Waals surface area (Å²) < 4.78 is 0. The summed E-state index contributed by atoms with van der Waals surface area (Å²) in [6.07, 6.45) is 0.679. The number of nitrogens with two attached hydrogens (primary N) is 1. The van der Waals surface area contributed by atoms with Gasteiger partial charge >= 0.3 is 0 Å². The van der Waals surface area contributed by atoms with E-state index in [1.54, 1.807) is 18.0 Å². The van der Waals surface area contributed by atoms with Crippen LogP contribution in [0, 0.1) is 19.3 Å². The molecule has 1 aromatic carbocycles. The number of carbonyl (C=O) groups is 2. The van der Waals surface area contributed by atoms with Crippen LogP contribution in [-0.2, 0) is 4.79 Å². The largest absolute Gasteiger partial charge is 0.398 e. The third-order valence-electron chi connectivity index (χ3n) is 4.38. The lowest BCUT2D eigenvalue weighted by molar-refractivity contribution is -0.128. The molecule has 2 rings (SSSR count). The Labute approximate surface area is 125 Å². The van der Waals surface area contributed by atoms with Crippen LogP contribution in [0.4, 0.5) is 5.69 Å². The number of amides is 2. The Morgan fingerprint density at radius 3 is 2.57 bits per heavy atom. The number of hydrogen-bond donors (Lipinski definition) is 2. The molecule has 1 saturated heterocycles. The zero-order valence-electron chi connectivity index (χ0n) is 13.1. The first-order valence-electron chi connectivity index (χ1n) is 7.16. The molecule has 0 spiro atoms. The Balaban J connectivity index is 2.23. The molecule has 0 aromatic heterocycles. The van der Waals surface area contributed by atoms with Gasteiger partial charge < -0.3 is 16.0 Å². The summed E-state index contributed by atoms with van der Waals surface area (Å²) in [7, 11) is 1.63. The zero-order chi connectivity index (χ0) is 15.8. The number of hydrogen-bond acceptors (Lipinski definition) is 3. The first-order valence-corrected chi connectivity index (χ1v) is 7.16. The summed E-state index contributed by atoms with van der Waals surface area (Å²) in [5.41, 5.74) is 8.55. The number of nitrogens with one attached hydrogen (secondary N) is 1. The number of carbonyl (C=O) groups excluding carboxylic acids is 2. The Bertz CT molecular complexity index is 597. The summed E-state index contributed by atoms with van der Waals surface area (Å²) in [4.78, 5) is 26.3. The quantitative estimate of drug-likeness (QED) is 0.810. The first-order chi connectivity index (χ1) is 9.78. The summed E-state index contributed by atoms with van der Waals surface area (Å²) in [5.74, 6) is -0.0650. The van der Waals surface area contributed by atoms with Gasteiger partial charge in [-0.15, -0.1) is 0 Å². The van der Waals surface area contributed by atoms with Crippen molar-refractivity contribution in [2.45, 2.75) is 27.2 Å². The fraction of sp³-hybridized carbons (Fsp3) is 0.500. The molecule has 5 heteroatoms. The molecule has 114 valence electrons. The average molecular weight is 289 g/mol. The Morgan fingerprint density at radius 1 is 1.29 bits per heavy atom. The molecule has 1 heterocycles. The predicted molar refractivity (Wildman–Crippen MR) is 83.0 cm³/mol. The van der Waals surface area contributed by atoms with Crippen molar-refractivity contribution in [1.82, 2.24) is 10.2 Å². The van der Waals surface area contributed by atoms with Crippen molar-refractivity contribution in [3.8, 4) is 0 Å². The normalized spacial score (nSPS) is 21.4. The molecular weight excluding hydrogens is 266 g/mol.